The van der Waals surface area contributed by atoms with Crippen molar-refractivity contribution in [3.05, 3.63) is 59.0 Å². The monoisotopic (exact) mass is 350 g/mol. The van der Waals surface area contributed by atoms with Crippen molar-refractivity contribution in [2.45, 2.75) is 6.42 Å². The zero-order valence-corrected chi connectivity index (χ0v) is 14.8. The molecule has 0 bridgehead atoms. The van der Waals surface area contributed by atoms with Crippen LogP contribution in [0.5, 0.6) is 5.75 Å². The van der Waals surface area contributed by atoms with Crippen LogP contribution in [0.3, 0.4) is 0 Å². The van der Waals surface area contributed by atoms with Crippen LogP contribution in [-0.4, -0.2) is 33.3 Å². The van der Waals surface area contributed by atoms with Crippen molar-refractivity contribution in [3.8, 4) is 17.1 Å². The second-order valence-corrected chi connectivity index (χ2v) is 6.49. The summed E-state index contributed by atoms with van der Waals surface area (Å²) in [7, 11) is 1.62. The first-order chi connectivity index (χ1) is 12.7. The maximum atomic E-state index is 12.6. The minimum Gasteiger partial charge on any atom is -0.497 e. The summed E-state index contributed by atoms with van der Waals surface area (Å²) in [6, 6.07) is 15.5. The molecule has 0 spiro atoms. The lowest BCUT2D eigenvalue weighted by molar-refractivity contribution is 0.414. The second kappa shape index (κ2) is 7.22. The SMILES string of the molecule is COc1cccc(-c2cc3ccc(N4CCCNCC4)cc3c(=O)o2)c1. The molecule has 1 N–H and O–H groups in total. The summed E-state index contributed by atoms with van der Waals surface area (Å²) >= 11 is 0. The second-order valence-electron chi connectivity index (χ2n) is 6.49. The highest BCUT2D eigenvalue weighted by atomic mass is 16.5. The Morgan fingerprint density at radius 2 is 2.00 bits per heavy atom. The molecule has 5 nitrogen and oxygen atoms in total. The molecule has 0 saturated carbocycles. The molecule has 0 unspecified atom stereocenters. The van der Waals surface area contributed by atoms with Gasteiger partial charge >= 0.3 is 5.63 Å². The Morgan fingerprint density at radius 3 is 2.88 bits per heavy atom. The van der Waals surface area contributed by atoms with Crippen molar-refractivity contribution in [1.29, 1.82) is 0 Å². The molecule has 2 heterocycles. The van der Waals surface area contributed by atoms with E-state index < -0.39 is 0 Å². The summed E-state index contributed by atoms with van der Waals surface area (Å²) in [6.45, 7) is 3.93. The average molecular weight is 350 g/mol. The highest BCUT2D eigenvalue weighted by Gasteiger charge is 2.13. The van der Waals surface area contributed by atoms with Gasteiger partial charge in [-0.05, 0) is 48.7 Å². The van der Waals surface area contributed by atoms with Gasteiger partial charge in [-0.3, -0.25) is 0 Å². The first kappa shape index (κ1) is 16.7. The Bertz CT molecular complexity index is 972. The van der Waals surface area contributed by atoms with Crippen LogP contribution in [0, 0.1) is 0 Å². The molecule has 134 valence electrons. The molecule has 0 radical (unpaired) electrons. The quantitative estimate of drug-likeness (QED) is 0.786. The Kier molecular flexibility index (Phi) is 4.63. The third-order valence-corrected chi connectivity index (χ3v) is 4.81. The first-order valence-corrected chi connectivity index (χ1v) is 8.92. The van der Waals surface area contributed by atoms with E-state index in [9.17, 15) is 4.79 Å². The number of rotatable bonds is 3. The lowest BCUT2D eigenvalue weighted by Crippen LogP contribution is -2.27. The van der Waals surface area contributed by atoms with Gasteiger partial charge in [-0.2, -0.15) is 0 Å². The summed E-state index contributed by atoms with van der Waals surface area (Å²) in [4.78, 5) is 14.9. The number of fused-ring (bicyclic) bond motifs is 1. The largest absolute Gasteiger partial charge is 0.497 e. The number of hydrogen-bond donors (Lipinski definition) is 1. The van der Waals surface area contributed by atoms with E-state index in [1.807, 2.05) is 42.5 Å². The molecule has 1 saturated heterocycles. The number of anilines is 1. The van der Waals surface area contributed by atoms with Crippen molar-refractivity contribution in [2.75, 3.05) is 38.2 Å². The van der Waals surface area contributed by atoms with E-state index in [0.29, 0.717) is 11.1 Å². The van der Waals surface area contributed by atoms with Crippen molar-refractivity contribution in [1.82, 2.24) is 5.32 Å². The molecule has 1 aromatic heterocycles. The van der Waals surface area contributed by atoms with E-state index in [0.717, 1.165) is 55.0 Å². The fourth-order valence-corrected chi connectivity index (χ4v) is 3.39. The Balaban J connectivity index is 1.74. The van der Waals surface area contributed by atoms with Crippen molar-refractivity contribution >= 4 is 16.5 Å². The third-order valence-electron chi connectivity index (χ3n) is 4.81. The number of methoxy groups -OCH3 is 1. The Labute approximate surface area is 152 Å². The number of benzene rings is 2. The van der Waals surface area contributed by atoms with Gasteiger partial charge in [0.05, 0.1) is 12.5 Å². The van der Waals surface area contributed by atoms with Gasteiger partial charge in [0.25, 0.3) is 0 Å². The Morgan fingerprint density at radius 1 is 1.08 bits per heavy atom. The van der Waals surface area contributed by atoms with Crippen molar-refractivity contribution < 1.29 is 9.15 Å². The molecule has 26 heavy (non-hydrogen) atoms. The van der Waals surface area contributed by atoms with Gasteiger partial charge in [0.15, 0.2) is 0 Å². The highest BCUT2D eigenvalue weighted by Crippen LogP contribution is 2.27. The normalized spacial score (nSPS) is 15.0. The molecule has 1 aliphatic heterocycles. The summed E-state index contributed by atoms with van der Waals surface area (Å²) in [5.74, 6) is 1.28. The van der Waals surface area contributed by atoms with Crippen LogP contribution < -0.4 is 20.6 Å². The van der Waals surface area contributed by atoms with Crippen LogP contribution in [0.1, 0.15) is 6.42 Å². The predicted molar refractivity (Wildman–Crippen MR) is 104 cm³/mol. The van der Waals surface area contributed by atoms with E-state index in [1.54, 1.807) is 7.11 Å². The minimum atomic E-state index is -0.310. The minimum absolute atomic E-state index is 0.310. The maximum Gasteiger partial charge on any atom is 0.344 e. The third kappa shape index (κ3) is 3.30. The molecule has 3 aromatic rings. The molecular weight excluding hydrogens is 328 g/mol. The van der Waals surface area contributed by atoms with Crippen LogP contribution in [0.15, 0.2) is 57.7 Å². The van der Waals surface area contributed by atoms with Gasteiger partial charge < -0.3 is 19.4 Å². The molecule has 5 heteroatoms. The van der Waals surface area contributed by atoms with Crippen LogP contribution in [0.4, 0.5) is 5.69 Å². The van der Waals surface area contributed by atoms with Crippen molar-refractivity contribution in [3.63, 3.8) is 0 Å². The topological polar surface area (TPSA) is 54.7 Å². The molecule has 0 aliphatic carbocycles. The van der Waals surface area contributed by atoms with Gasteiger partial charge in [0.2, 0.25) is 0 Å². The van der Waals surface area contributed by atoms with Gasteiger partial charge in [0.1, 0.15) is 11.5 Å². The molecule has 4 rings (SSSR count). The van der Waals surface area contributed by atoms with Gasteiger partial charge in [-0.25, -0.2) is 4.79 Å². The van der Waals surface area contributed by atoms with Crippen molar-refractivity contribution in [2.24, 2.45) is 0 Å². The van der Waals surface area contributed by atoms with Crippen LogP contribution >= 0.6 is 0 Å². The zero-order chi connectivity index (χ0) is 17.9. The summed E-state index contributed by atoms with van der Waals surface area (Å²) < 4.78 is 10.9. The summed E-state index contributed by atoms with van der Waals surface area (Å²) in [5, 5.41) is 4.90. The zero-order valence-electron chi connectivity index (χ0n) is 14.8. The number of hydrogen-bond acceptors (Lipinski definition) is 5. The number of nitrogens with zero attached hydrogens (tertiary/aromatic N) is 1. The fraction of sp³-hybridized carbons (Fsp3) is 0.286. The van der Waals surface area contributed by atoms with Gasteiger partial charge in [0, 0.05) is 30.9 Å². The Hall–Kier alpha value is -2.79. The number of ether oxygens (including phenoxy) is 1. The first-order valence-electron chi connectivity index (χ1n) is 8.92. The maximum absolute atomic E-state index is 12.6. The molecule has 1 fully saturated rings. The van der Waals surface area contributed by atoms with Gasteiger partial charge in [-0.15, -0.1) is 0 Å². The van der Waals surface area contributed by atoms with Crippen LogP contribution in [-0.2, 0) is 0 Å². The van der Waals surface area contributed by atoms with Crippen LogP contribution in [0.25, 0.3) is 22.1 Å². The summed E-state index contributed by atoms with van der Waals surface area (Å²) in [5.41, 5.74) is 1.59. The molecule has 0 atom stereocenters. The molecular formula is C21H22N2O3. The lowest BCUT2D eigenvalue weighted by atomic mass is 10.1. The molecule has 1 aliphatic rings. The van der Waals surface area contributed by atoms with Gasteiger partial charge in [-0.1, -0.05) is 18.2 Å². The predicted octanol–water partition coefficient (Wildman–Crippen LogP) is 3.27. The number of nitrogens with one attached hydrogen (secondary N) is 1. The van der Waals surface area contributed by atoms with E-state index in [-0.39, 0.29) is 5.63 Å². The smallest absolute Gasteiger partial charge is 0.344 e. The molecule has 2 aromatic carbocycles. The van der Waals surface area contributed by atoms with E-state index in [4.69, 9.17) is 9.15 Å². The molecule has 0 amide bonds. The highest BCUT2D eigenvalue weighted by molar-refractivity contribution is 5.87. The fourth-order valence-electron chi connectivity index (χ4n) is 3.39. The summed E-state index contributed by atoms with van der Waals surface area (Å²) in [6.07, 6.45) is 1.10. The van der Waals surface area contributed by atoms with E-state index >= 15 is 0 Å². The van der Waals surface area contributed by atoms with Crippen LogP contribution in [0.2, 0.25) is 0 Å². The van der Waals surface area contributed by atoms with E-state index in [2.05, 4.69) is 16.3 Å². The lowest BCUT2D eigenvalue weighted by Gasteiger charge is -2.22. The standard InChI is InChI=1S/C21H22N2O3/c1-25-18-5-2-4-16(12-18)20-13-15-6-7-17(14-19(15)21(24)26-20)23-10-3-8-22-9-11-23/h2,4-7,12-14,22H,3,8-11H2,1H3. The average Bonchev–Trinajstić information content (AvgIpc) is 2.97. The van der Waals surface area contributed by atoms with E-state index in [1.165, 1.54) is 0 Å².